The summed E-state index contributed by atoms with van der Waals surface area (Å²) in [5.41, 5.74) is 0.776. The van der Waals surface area contributed by atoms with Crippen LogP contribution in [0.1, 0.15) is 12.0 Å². The second-order valence-electron chi connectivity index (χ2n) is 5.12. The van der Waals surface area contributed by atoms with Gasteiger partial charge in [0.15, 0.2) is 0 Å². The van der Waals surface area contributed by atoms with Crippen LogP contribution in [0.5, 0.6) is 0 Å². The molecule has 0 aromatic heterocycles. The van der Waals surface area contributed by atoms with Crippen molar-refractivity contribution in [2.45, 2.75) is 17.9 Å². The molecule has 2 rings (SSSR count). The molecule has 0 saturated carbocycles. The highest BCUT2D eigenvalue weighted by atomic mass is 79.9. The quantitative estimate of drug-likeness (QED) is 0.653. The van der Waals surface area contributed by atoms with E-state index in [4.69, 9.17) is 23.2 Å². The third kappa shape index (κ3) is 6.27. The van der Waals surface area contributed by atoms with Gasteiger partial charge in [-0.1, -0.05) is 51.3 Å². The molecule has 0 radical (unpaired) electrons. The van der Waals surface area contributed by atoms with Gasteiger partial charge in [0, 0.05) is 34.0 Å². The number of carbonyl (C=O) groups excluding carboxylic acids is 1. The van der Waals surface area contributed by atoms with Crippen molar-refractivity contribution >= 4 is 55.1 Å². The van der Waals surface area contributed by atoms with Gasteiger partial charge >= 0.3 is 0 Å². The van der Waals surface area contributed by atoms with Crippen LogP contribution in [0.2, 0.25) is 10.0 Å². The summed E-state index contributed by atoms with van der Waals surface area (Å²) in [5, 5.41) is 3.56. The van der Waals surface area contributed by atoms with Gasteiger partial charge in [0.1, 0.15) is 0 Å². The van der Waals surface area contributed by atoms with E-state index in [9.17, 15) is 13.2 Å². The van der Waals surface area contributed by atoms with Crippen molar-refractivity contribution < 1.29 is 13.2 Å². The number of halogens is 3. The molecule has 0 heterocycles. The van der Waals surface area contributed by atoms with E-state index in [1.54, 1.807) is 24.3 Å². The molecule has 0 bridgehead atoms. The molecule has 25 heavy (non-hydrogen) atoms. The highest BCUT2D eigenvalue weighted by molar-refractivity contribution is 9.10. The van der Waals surface area contributed by atoms with Crippen molar-refractivity contribution in [1.82, 2.24) is 10.0 Å². The summed E-state index contributed by atoms with van der Waals surface area (Å²) in [7, 11) is -3.70. The van der Waals surface area contributed by atoms with Gasteiger partial charge in [0.2, 0.25) is 15.9 Å². The average Bonchev–Trinajstić information content (AvgIpc) is 2.54. The van der Waals surface area contributed by atoms with Gasteiger partial charge in [-0.3, -0.25) is 4.79 Å². The zero-order valence-corrected chi connectivity index (χ0v) is 16.8. The number of hydrogen-bond acceptors (Lipinski definition) is 3. The molecule has 0 fully saturated rings. The highest BCUT2D eigenvalue weighted by Crippen LogP contribution is 2.21. The summed E-state index contributed by atoms with van der Waals surface area (Å²) < 4.78 is 27.4. The van der Waals surface area contributed by atoms with Gasteiger partial charge in [0.05, 0.1) is 4.90 Å². The fourth-order valence-corrected chi connectivity index (χ4v) is 4.04. The van der Waals surface area contributed by atoms with Crippen LogP contribution >= 0.6 is 39.1 Å². The van der Waals surface area contributed by atoms with E-state index in [1.165, 1.54) is 12.1 Å². The summed E-state index contributed by atoms with van der Waals surface area (Å²) in [5.74, 6) is -0.284. The molecular formula is C16H15BrCl2N2O3S. The SMILES string of the molecule is O=C(CCNS(=O)(=O)c1cccc(Cl)c1)NCc1ccc(Br)cc1Cl. The number of carbonyl (C=O) groups is 1. The maximum Gasteiger partial charge on any atom is 0.240 e. The minimum Gasteiger partial charge on any atom is -0.352 e. The topological polar surface area (TPSA) is 75.3 Å². The van der Waals surface area contributed by atoms with Gasteiger partial charge in [-0.05, 0) is 35.9 Å². The first-order valence-corrected chi connectivity index (χ1v) is 10.3. The van der Waals surface area contributed by atoms with Crippen LogP contribution < -0.4 is 10.0 Å². The summed E-state index contributed by atoms with van der Waals surface area (Å²) in [6.45, 7) is 0.251. The van der Waals surface area contributed by atoms with E-state index in [2.05, 4.69) is 26.0 Å². The van der Waals surface area contributed by atoms with E-state index >= 15 is 0 Å². The summed E-state index contributed by atoms with van der Waals surface area (Å²) in [6.07, 6.45) is 0.00788. The fourth-order valence-electron chi connectivity index (χ4n) is 1.96. The second kappa shape index (κ2) is 9.00. The van der Waals surface area contributed by atoms with Crippen molar-refractivity contribution in [3.8, 4) is 0 Å². The number of amides is 1. The normalized spacial score (nSPS) is 11.3. The molecule has 9 heteroatoms. The number of nitrogens with one attached hydrogen (secondary N) is 2. The Morgan fingerprint density at radius 1 is 1.12 bits per heavy atom. The minimum atomic E-state index is -3.70. The Balaban J connectivity index is 1.82. The summed E-state index contributed by atoms with van der Waals surface area (Å²) in [4.78, 5) is 11.9. The van der Waals surface area contributed by atoms with Gasteiger partial charge < -0.3 is 5.32 Å². The first-order chi connectivity index (χ1) is 11.8. The van der Waals surface area contributed by atoms with Crippen LogP contribution in [-0.2, 0) is 21.4 Å². The van der Waals surface area contributed by atoms with E-state index in [0.717, 1.165) is 10.0 Å². The van der Waals surface area contributed by atoms with Gasteiger partial charge in [0.25, 0.3) is 0 Å². The fraction of sp³-hybridized carbons (Fsp3) is 0.188. The molecule has 2 aromatic rings. The highest BCUT2D eigenvalue weighted by Gasteiger charge is 2.14. The molecule has 0 saturated heterocycles. The Morgan fingerprint density at radius 2 is 1.88 bits per heavy atom. The van der Waals surface area contributed by atoms with E-state index < -0.39 is 10.0 Å². The standard InChI is InChI=1S/C16H15BrCl2N2O3S/c17-12-5-4-11(15(19)8-12)10-20-16(22)6-7-21-25(23,24)14-3-1-2-13(18)9-14/h1-5,8-9,21H,6-7,10H2,(H,20,22). The maximum absolute atomic E-state index is 12.1. The molecule has 5 nitrogen and oxygen atoms in total. The third-order valence-electron chi connectivity index (χ3n) is 3.24. The first kappa shape index (κ1) is 20.2. The predicted molar refractivity (Wildman–Crippen MR) is 102 cm³/mol. The van der Waals surface area contributed by atoms with E-state index in [1.807, 2.05) is 6.07 Å². The van der Waals surface area contributed by atoms with Crippen LogP contribution in [0.25, 0.3) is 0 Å². The van der Waals surface area contributed by atoms with Crippen molar-refractivity contribution in [3.63, 3.8) is 0 Å². The largest absolute Gasteiger partial charge is 0.352 e. The number of benzene rings is 2. The lowest BCUT2D eigenvalue weighted by atomic mass is 10.2. The molecule has 2 N–H and O–H groups in total. The van der Waals surface area contributed by atoms with Crippen LogP contribution in [0.15, 0.2) is 51.8 Å². The lowest BCUT2D eigenvalue weighted by Gasteiger charge is -2.09. The third-order valence-corrected chi connectivity index (χ3v) is 5.78. The second-order valence-corrected chi connectivity index (χ2v) is 8.64. The zero-order chi connectivity index (χ0) is 18.4. The Bertz CT molecular complexity index is 875. The van der Waals surface area contributed by atoms with Crippen LogP contribution in [0.3, 0.4) is 0 Å². The molecule has 0 unspecified atom stereocenters. The molecule has 2 aromatic carbocycles. The van der Waals surface area contributed by atoms with Crippen molar-refractivity contribution in [3.05, 3.63) is 62.5 Å². The molecule has 0 spiro atoms. The summed E-state index contributed by atoms with van der Waals surface area (Å²) in [6, 6.07) is 11.3. The van der Waals surface area contributed by atoms with Crippen LogP contribution in [0.4, 0.5) is 0 Å². The average molecular weight is 466 g/mol. The molecule has 0 aliphatic carbocycles. The van der Waals surface area contributed by atoms with E-state index in [-0.39, 0.29) is 30.3 Å². The maximum atomic E-state index is 12.1. The smallest absolute Gasteiger partial charge is 0.240 e. The number of hydrogen-bond donors (Lipinski definition) is 2. The Morgan fingerprint density at radius 3 is 2.56 bits per heavy atom. The molecular weight excluding hydrogens is 451 g/mol. The Labute approximate surface area is 164 Å². The molecule has 0 aliphatic heterocycles. The van der Waals surface area contributed by atoms with Gasteiger partial charge in [-0.15, -0.1) is 0 Å². The van der Waals surface area contributed by atoms with Crippen LogP contribution in [0, 0.1) is 0 Å². The Kier molecular flexibility index (Phi) is 7.27. The van der Waals surface area contributed by atoms with Crippen molar-refractivity contribution in [1.29, 1.82) is 0 Å². The minimum absolute atomic E-state index is 0.00788. The molecule has 0 atom stereocenters. The predicted octanol–water partition coefficient (Wildman–Crippen LogP) is 3.74. The lowest BCUT2D eigenvalue weighted by molar-refractivity contribution is -0.121. The summed E-state index contributed by atoms with van der Waals surface area (Å²) >= 11 is 15.2. The van der Waals surface area contributed by atoms with Gasteiger partial charge in [-0.25, -0.2) is 13.1 Å². The van der Waals surface area contributed by atoms with Crippen molar-refractivity contribution in [2.24, 2.45) is 0 Å². The number of sulfonamides is 1. The van der Waals surface area contributed by atoms with Crippen molar-refractivity contribution in [2.75, 3.05) is 6.54 Å². The first-order valence-electron chi connectivity index (χ1n) is 7.24. The van der Waals surface area contributed by atoms with Crippen LogP contribution in [-0.4, -0.2) is 20.9 Å². The number of rotatable bonds is 7. The monoisotopic (exact) mass is 464 g/mol. The lowest BCUT2D eigenvalue weighted by Crippen LogP contribution is -2.30. The zero-order valence-electron chi connectivity index (χ0n) is 12.9. The Hall–Kier alpha value is -1.12. The molecule has 0 aliphatic rings. The van der Waals surface area contributed by atoms with Gasteiger partial charge in [-0.2, -0.15) is 0 Å². The molecule has 1 amide bonds. The van der Waals surface area contributed by atoms with E-state index in [0.29, 0.717) is 10.0 Å². The molecule has 134 valence electrons.